The molecule has 2 unspecified atom stereocenters. The number of β-amino-alcohol motifs (C(OH)–C–C–N with tert-alkyl or cyclic N) is 1. The molecule has 154 valence electrons. The van der Waals surface area contributed by atoms with E-state index in [1.807, 2.05) is 57.2 Å². The molecule has 1 aliphatic heterocycles. The van der Waals surface area contributed by atoms with Crippen molar-refractivity contribution < 1.29 is 14.6 Å². The van der Waals surface area contributed by atoms with Gasteiger partial charge in [-0.05, 0) is 63.6 Å². The lowest BCUT2D eigenvalue weighted by Gasteiger charge is -2.37. The second-order valence-corrected chi connectivity index (χ2v) is 9.42. The molecule has 2 heterocycles. The third-order valence-electron chi connectivity index (χ3n) is 5.26. The Morgan fingerprint density at radius 3 is 2.10 bits per heavy atom. The van der Waals surface area contributed by atoms with Crippen LogP contribution in [0.5, 0.6) is 0 Å². The lowest BCUT2D eigenvalue weighted by atomic mass is 10.0. The Labute approximate surface area is 179 Å². The Morgan fingerprint density at radius 2 is 1.62 bits per heavy atom. The number of piperidine rings is 1. The van der Waals surface area contributed by atoms with Gasteiger partial charge in [0.25, 0.3) is 0 Å². The zero-order valence-corrected chi connectivity index (χ0v) is 18.2. The van der Waals surface area contributed by atoms with Crippen molar-refractivity contribution >= 4 is 51.1 Å². The van der Waals surface area contributed by atoms with Gasteiger partial charge in [-0.25, -0.2) is 4.79 Å². The Kier molecular flexibility index (Phi) is 5.18. The maximum atomic E-state index is 12.4. The first-order valence-corrected chi connectivity index (χ1v) is 10.4. The SMILES string of the molecule is CC(C)(C)OC(=O)N1CCC(n2c3ccc(Cl)cc3c3cc(Cl)ccc32)C(O)C1. The Balaban J connectivity index is 1.71. The Morgan fingerprint density at radius 1 is 1.07 bits per heavy atom. The summed E-state index contributed by atoms with van der Waals surface area (Å²) in [4.78, 5) is 14.0. The van der Waals surface area contributed by atoms with Gasteiger partial charge in [0, 0.05) is 38.4 Å². The van der Waals surface area contributed by atoms with E-state index in [9.17, 15) is 9.90 Å². The van der Waals surface area contributed by atoms with Crippen LogP contribution >= 0.6 is 23.2 Å². The van der Waals surface area contributed by atoms with Gasteiger partial charge in [0.2, 0.25) is 0 Å². The van der Waals surface area contributed by atoms with E-state index in [4.69, 9.17) is 27.9 Å². The normalized spacial score (nSPS) is 20.4. The van der Waals surface area contributed by atoms with Crippen LogP contribution in [0.2, 0.25) is 10.0 Å². The molecule has 0 bridgehead atoms. The summed E-state index contributed by atoms with van der Waals surface area (Å²) in [5, 5.41) is 14.3. The lowest BCUT2D eigenvalue weighted by Crippen LogP contribution is -2.48. The van der Waals surface area contributed by atoms with Gasteiger partial charge in [-0.3, -0.25) is 0 Å². The predicted molar refractivity (Wildman–Crippen MR) is 117 cm³/mol. The maximum absolute atomic E-state index is 12.4. The Bertz CT molecular complexity index is 1030. The first-order chi connectivity index (χ1) is 13.6. The zero-order valence-electron chi connectivity index (χ0n) is 16.7. The van der Waals surface area contributed by atoms with Crippen LogP contribution in [-0.4, -0.2) is 45.5 Å². The highest BCUT2D eigenvalue weighted by molar-refractivity contribution is 6.33. The topological polar surface area (TPSA) is 54.7 Å². The monoisotopic (exact) mass is 434 g/mol. The van der Waals surface area contributed by atoms with Gasteiger partial charge in [0.05, 0.1) is 18.7 Å². The largest absolute Gasteiger partial charge is 0.444 e. The summed E-state index contributed by atoms with van der Waals surface area (Å²) in [5.74, 6) is 0. The number of hydrogen-bond acceptors (Lipinski definition) is 3. The van der Waals surface area contributed by atoms with E-state index in [0.29, 0.717) is 23.0 Å². The van der Waals surface area contributed by atoms with Gasteiger partial charge >= 0.3 is 6.09 Å². The van der Waals surface area contributed by atoms with Crippen molar-refractivity contribution in [2.24, 2.45) is 0 Å². The molecular weight excluding hydrogens is 411 g/mol. The molecule has 1 aliphatic rings. The molecule has 1 aromatic heterocycles. The first-order valence-electron chi connectivity index (χ1n) is 9.69. The van der Waals surface area contributed by atoms with E-state index in [2.05, 4.69) is 4.57 Å². The van der Waals surface area contributed by atoms with Gasteiger partial charge in [-0.1, -0.05) is 23.2 Å². The van der Waals surface area contributed by atoms with E-state index in [0.717, 1.165) is 21.8 Å². The maximum Gasteiger partial charge on any atom is 0.410 e. The third-order valence-corrected chi connectivity index (χ3v) is 5.73. The van der Waals surface area contributed by atoms with Crippen molar-refractivity contribution in [1.82, 2.24) is 9.47 Å². The van der Waals surface area contributed by atoms with E-state index >= 15 is 0 Å². The summed E-state index contributed by atoms with van der Waals surface area (Å²) in [7, 11) is 0. The summed E-state index contributed by atoms with van der Waals surface area (Å²) in [6.07, 6.45) is -0.498. The van der Waals surface area contributed by atoms with Gasteiger partial charge < -0.3 is 19.3 Å². The molecule has 0 radical (unpaired) electrons. The number of aliphatic hydroxyl groups is 1. The molecule has 0 aliphatic carbocycles. The number of rotatable bonds is 1. The Hall–Kier alpha value is -1.95. The van der Waals surface area contributed by atoms with Crippen LogP contribution in [0.3, 0.4) is 0 Å². The molecule has 4 rings (SSSR count). The third kappa shape index (κ3) is 3.91. The average molecular weight is 435 g/mol. The highest BCUT2D eigenvalue weighted by Gasteiger charge is 2.34. The highest BCUT2D eigenvalue weighted by Crippen LogP contribution is 2.38. The minimum Gasteiger partial charge on any atom is -0.444 e. The van der Waals surface area contributed by atoms with Gasteiger partial charge in [-0.2, -0.15) is 0 Å². The van der Waals surface area contributed by atoms with Crippen molar-refractivity contribution in [1.29, 1.82) is 0 Å². The van der Waals surface area contributed by atoms with Gasteiger partial charge in [-0.15, -0.1) is 0 Å². The highest BCUT2D eigenvalue weighted by atomic mass is 35.5. The first kappa shape index (κ1) is 20.3. The molecular formula is C22H24Cl2N2O3. The predicted octanol–water partition coefficient (Wildman–Crippen LogP) is 5.64. The number of halogens is 2. The lowest BCUT2D eigenvalue weighted by molar-refractivity contribution is -0.00880. The van der Waals surface area contributed by atoms with Crippen LogP contribution in [0.25, 0.3) is 21.8 Å². The van der Waals surface area contributed by atoms with Crippen LogP contribution in [0.1, 0.15) is 33.2 Å². The standard InChI is InChI=1S/C22H24Cl2N2O3/c1-22(2,3)29-21(28)25-9-8-19(20(27)12-25)26-17-6-4-13(23)10-15(17)16-11-14(24)5-7-18(16)26/h4-7,10-11,19-20,27H,8-9,12H2,1-3H3. The van der Waals surface area contributed by atoms with E-state index in [-0.39, 0.29) is 12.6 Å². The van der Waals surface area contributed by atoms with Crippen LogP contribution in [0.4, 0.5) is 4.79 Å². The molecule has 1 amide bonds. The number of benzene rings is 2. The van der Waals surface area contributed by atoms with E-state index in [1.54, 1.807) is 4.90 Å². The van der Waals surface area contributed by atoms with Crippen LogP contribution in [0.15, 0.2) is 36.4 Å². The molecule has 1 fully saturated rings. The van der Waals surface area contributed by atoms with Crippen molar-refractivity contribution in [3.8, 4) is 0 Å². The molecule has 5 nitrogen and oxygen atoms in total. The summed E-state index contributed by atoms with van der Waals surface area (Å²) >= 11 is 12.5. The number of amides is 1. The molecule has 0 spiro atoms. The second-order valence-electron chi connectivity index (χ2n) is 8.54. The number of ether oxygens (including phenoxy) is 1. The number of fused-ring (bicyclic) bond motifs is 3. The second kappa shape index (κ2) is 7.38. The van der Waals surface area contributed by atoms with E-state index in [1.165, 1.54) is 0 Å². The number of aliphatic hydroxyl groups excluding tert-OH is 1. The number of likely N-dealkylation sites (tertiary alicyclic amines) is 1. The van der Waals surface area contributed by atoms with Gasteiger partial charge in [0.15, 0.2) is 0 Å². The van der Waals surface area contributed by atoms with Crippen LogP contribution < -0.4 is 0 Å². The van der Waals surface area contributed by atoms with Gasteiger partial charge in [0.1, 0.15) is 5.60 Å². The zero-order chi connectivity index (χ0) is 20.9. The summed E-state index contributed by atoms with van der Waals surface area (Å²) in [6, 6.07) is 11.3. The van der Waals surface area contributed by atoms with E-state index < -0.39 is 17.8 Å². The molecule has 0 saturated carbocycles. The quantitative estimate of drug-likeness (QED) is 0.538. The number of hydrogen-bond donors (Lipinski definition) is 1. The smallest absolute Gasteiger partial charge is 0.410 e. The molecule has 29 heavy (non-hydrogen) atoms. The summed E-state index contributed by atoms with van der Waals surface area (Å²) in [5.41, 5.74) is 1.41. The number of carbonyl (C=O) groups is 1. The van der Waals surface area contributed by atoms with Crippen LogP contribution in [0, 0.1) is 0 Å². The van der Waals surface area contributed by atoms with Crippen LogP contribution in [-0.2, 0) is 4.74 Å². The summed E-state index contributed by atoms with van der Waals surface area (Å²) in [6.45, 7) is 6.24. The fourth-order valence-corrected chi connectivity index (χ4v) is 4.41. The van der Waals surface area contributed by atoms with Crippen molar-refractivity contribution in [3.63, 3.8) is 0 Å². The molecule has 3 aromatic rings. The number of carbonyl (C=O) groups excluding carboxylic acids is 1. The minimum absolute atomic E-state index is 0.170. The molecule has 2 atom stereocenters. The average Bonchev–Trinajstić information content (AvgIpc) is 2.93. The number of aromatic nitrogens is 1. The molecule has 2 aromatic carbocycles. The van der Waals surface area contributed by atoms with Crippen molar-refractivity contribution in [3.05, 3.63) is 46.4 Å². The number of nitrogens with zero attached hydrogens (tertiary/aromatic N) is 2. The van der Waals surface area contributed by atoms with Crippen molar-refractivity contribution in [2.75, 3.05) is 13.1 Å². The summed E-state index contributed by atoms with van der Waals surface area (Å²) < 4.78 is 7.61. The van der Waals surface area contributed by atoms with Crippen molar-refractivity contribution in [2.45, 2.75) is 44.9 Å². The molecule has 1 saturated heterocycles. The fourth-order valence-electron chi connectivity index (χ4n) is 4.07. The minimum atomic E-state index is -0.721. The molecule has 1 N–H and O–H groups in total. The fraction of sp³-hybridized carbons (Fsp3) is 0.409. The molecule has 7 heteroatoms.